The molecule has 1 aliphatic rings. The van der Waals surface area contributed by atoms with Crippen LogP contribution in [0.3, 0.4) is 0 Å². The molecule has 0 radical (unpaired) electrons. The van der Waals surface area contributed by atoms with E-state index in [1.54, 1.807) is 18.2 Å². The van der Waals surface area contributed by atoms with E-state index in [4.69, 9.17) is 28.9 Å². The third-order valence-electron chi connectivity index (χ3n) is 3.10. The summed E-state index contributed by atoms with van der Waals surface area (Å²) >= 11 is 11.8. The molecule has 1 heterocycles. The normalized spacial score (nSPS) is 15.0. The zero-order valence-corrected chi connectivity index (χ0v) is 10.9. The molecule has 0 amide bonds. The lowest BCUT2D eigenvalue weighted by Crippen LogP contribution is -2.16. The quantitative estimate of drug-likeness (QED) is 0.890. The van der Waals surface area contributed by atoms with E-state index in [1.807, 2.05) is 0 Å². The zero-order chi connectivity index (χ0) is 12.9. The summed E-state index contributed by atoms with van der Waals surface area (Å²) in [5.74, 6) is 0.390. The standard InChI is InChI=1S/C12H11Cl2N3O/c13-8-4-3-7(5-9(8)14)17-12(18)10(15)11(16-17)6-1-2-6/h3-6,16H,1-2,15H2. The summed E-state index contributed by atoms with van der Waals surface area (Å²) in [4.78, 5) is 12.0. The molecule has 6 heteroatoms. The van der Waals surface area contributed by atoms with E-state index in [9.17, 15) is 4.79 Å². The Morgan fingerprint density at radius 3 is 2.61 bits per heavy atom. The Kier molecular flexibility index (Phi) is 2.64. The number of aromatic amines is 1. The molecular weight excluding hydrogens is 273 g/mol. The number of rotatable bonds is 2. The SMILES string of the molecule is Nc1c(C2CC2)[nH]n(-c2ccc(Cl)c(Cl)c2)c1=O. The predicted molar refractivity (Wildman–Crippen MR) is 72.8 cm³/mol. The number of anilines is 1. The Labute approximate surface area is 113 Å². The van der Waals surface area contributed by atoms with Crippen molar-refractivity contribution in [1.29, 1.82) is 0 Å². The van der Waals surface area contributed by atoms with Gasteiger partial charge >= 0.3 is 0 Å². The van der Waals surface area contributed by atoms with E-state index in [0.29, 0.717) is 27.3 Å². The molecule has 1 aliphatic carbocycles. The van der Waals surface area contributed by atoms with Gasteiger partial charge in [-0.05, 0) is 31.0 Å². The predicted octanol–water partition coefficient (Wildman–Crippen LogP) is 2.93. The van der Waals surface area contributed by atoms with Gasteiger partial charge in [0.2, 0.25) is 0 Å². The topological polar surface area (TPSA) is 63.8 Å². The molecule has 3 N–H and O–H groups in total. The van der Waals surface area contributed by atoms with Gasteiger partial charge in [0.25, 0.3) is 5.56 Å². The van der Waals surface area contributed by atoms with E-state index < -0.39 is 0 Å². The lowest BCUT2D eigenvalue weighted by molar-refractivity contribution is 0.816. The van der Waals surface area contributed by atoms with Gasteiger partial charge in [0.05, 0.1) is 21.4 Å². The molecule has 3 rings (SSSR count). The molecular formula is C12H11Cl2N3O. The number of hydrogen-bond acceptors (Lipinski definition) is 2. The molecule has 1 fully saturated rings. The van der Waals surface area contributed by atoms with Gasteiger partial charge in [-0.2, -0.15) is 0 Å². The maximum atomic E-state index is 12.0. The summed E-state index contributed by atoms with van der Waals surface area (Å²) < 4.78 is 1.41. The monoisotopic (exact) mass is 283 g/mol. The maximum Gasteiger partial charge on any atom is 0.294 e. The van der Waals surface area contributed by atoms with Gasteiger partial charge < -0.3 is 5.73 Å². The minimum Gasteiger partial charge on any atom is -0.393 e. The minimum absolute atomic E-state index is 0.240. The summed E-state index contributed by atoms with van der Waals surface area (Å²) in [6.45, 7) is 0. The molecule has 0 saturated heterocycles. The van der Waals surface area contributed by atoms with Crippen LogP contribution in [0.5, 0.6) is 0 Å². The van der Waals surface area contributed by atoms with Gasteiger partial charge in [-0.15, -0.1) is 0 Å². The van der Waals surface area contributed by atoms with E-state index in [2.05, 4.69) is 5.10 Å². The van der Waals surface area contributed by atoms with E-state index >= 15 is 0 Å². The van der Waals surface area contributed by atoms with E-state index in [-0.39, 0.29) is 5.56 Å². The molecule has 18 heavy (non-hydrogen) atoms. The Morgan fingerprint density at radius 2 is 2.00 bits per heavy atom. The fourth-order valence-corrected chi connectivity index (χ4v) is 2.25. The number of halogens is 2. The molecule has 94 valence electrons. The molecule has 1 saturated carbocycles. The molecule has 4 nitrogen and oxygen atoms in total. The summed E-state index contributed by atoms with van der Waals surface area (Å²) in [6, 6.07) is 5.01. The van der Waals surface area contributed by atoms with Crippen LogP contribution in [-0.2, 0) is 0 Å². The highest BCUT2D eigenvalue weighted by atomic mass is 35.5. The number of nitrogens with zero attached hydrogens (tertiary/aromatic N) is 1. The van der Waals surface area contributed by atoms with Crippen LogP contribution >= 0.6 is 23.2 Å². The van der Waals surface area contributed by atoms with Gasteiger partial charge in [-0.25, -0.2) is 4.68 Å². The number of nitrogens with two attached hydrogens (primary N) is 1. The van der Waals surface area contributed by atoms with Gasteiger partial charge in [0, 0.05) is 5.92 Å². The fourth-order valence-electron chi connectivity index (χ4n) is 1.96. The number of benzene rings is 1. The average molecular weight is 284 g/mol. The molecule has 2 aromatic rings. The molecule has 1 aromatic carbocycles. The van der Waals surface area contributed by atoms with E-state index in [0.717, 1.165) is 18.5 Å². The van der Waals surface area contributed by atoms with Gasteiger partial charge in [0.1, 0.15) is 5.69 Å². The summed E-state index contributed by atoms with van der Waals surface area (Å²) in [5.41, 5.74) is 7.34. The fraction of sp³-hybridized carbons (Fsp3) is 0.250. The Morgan fingerprint density at radius 1 is 1.28 bits per heavy atom. The lowest BCUT2D eigenvalue weighted by Gasteiger charge is -2.03. The molecule has 0 aliphatic heterocycles. The van der Waals surface area contributed by atoms with Crippen molar-refractivity contribution in [3.63, 3.8) is 0 Å². The van der Waals surface area contributed by atoms with Crippen LogP contribution in [0.25, 0.3) is 5.69 Å². The molecule has 1 aromatic heterocycles. The molecule has 0 bridgehead atoms. The van der Waals surface area contributed by atoms with Crippen LogP contribution in [0.4, 0.5) is 5.69 Å². The third-order valence-corrected chi connectivity index (χ3v) is 3.84. The van der Waals surface area contributed by atoms with Crippen LogP contribution in [0.2, 0.25) is 10.0 Å². The highest BCUT2D eigenvalue weighted by Gasteiger charge is 2.29. The Bertz CT molecular complexity index is 670. The molecule has 0 atom stereocenters. The third kappa shape index (κ3) is 1.82. The number of nitrogen functional groups attached to an aromatic ring is 1. The number of aromatic nitrogens is 2. The van der Waals surface area contributed by atoms with Crippen molar-refractivity contribution >= 4 is 28.9 Å². The minimum atomic E-state index is -0.240. The van der Waals surface area contributed by atoms with Crippen molar-refractivity contribution in [3.8, 4) is 5.69 Å². The number of H-pyrrole nitrogens is 1. The largest absolute Gasteiger partial charge is 0.393 e. The second kappa shape index (κ2) is 4.07. The van der Waals surface area contributed by atoms with Crippen molar-refractivity contribution < 1.29 is 0 Å². The second-order valence-electron chi connectivity index (χ2n) is 4.45. The second-order valence-corrected chi connectivity index (χ2v) is 5.27. The van der Waals surface area contributed by atoms with Crippen molar-refractivity contribution in [1.82, 2.24) is 9.78 Å². The summed E-state index contributed by atoms with van der Waals surface area (Å²) in [7, 11) is 0. The lowest BCUT2D eigenvalue weighted by atomic mass is 10.3. The smallest absolute Gasteiger partial charge is 0.294 e. The van der Waals surface area contributed by atoms with Crippen LogP contribution in [0.1, 0.15) is 24.5 Å². The first-order chi connectivity index (χ1) is 8.58. The average Bonchev–Trinajstić information content (AvgIpc) is 3.13. The van der Waals surface area contributed by atoms with Crippen LogP contribution in [-0.4, -0.2) is 9.78 Å². The maximum absolute atomic E-state index is 12.0. The summed E-state index contributed by atoms with van der Waals surface area (Å²) in [5, 5.41) is 3.91. The van der Waals surface area contributed by atoms with Crippen molar-refractivity contribution in [2.24, 2.45) is 0 Å². The Balaban J connectivity index is 2.13. The van der Waals surface area contributed by atoms with Crippen LogP contribution in [0.15, 0.2) is 23.0 Å². The first-order valence-electron chi connectivity index (χ1n) is 5.63. The molecule has 0 unspecified atom stereocenters. The first-order valence-corrected chi connectivity index (χ1v) is 6.39. The van der Waals surface area contributed by atoms with Gasteiger partial charge in [-0.3, -0.25) is 9.89 Å². The highest BCUT2D eigenvalue weighted by molar-refractivity contribution is 6.42. The Hall–Kier alpha value is -1.39. The molecule has 0 spiro atoms. The van der Waals surface area contributed by atoms with Crippen LogP contribution < -0.4 is 11.3 Å². The van der Waals surface area contributed by atoms with Gasteiger partial charge in [-0.1, -0.05) is 23.2 Å². The first kappa shape index (κ1) is 11.7. The van der Waals surface area contributed by atoms with Crippen molar-refractivity contribution in [3.05, 3.63) is 44.3 Å². The number of nitrogens with one attached hydrogen (secondary N) is 1. The van der Waals surface area contributed by atoms with E-state index in [1.165, 1.54) is 4.68 Å². The van der Waals surface area contributed by atoms with Crippen molar-refractivity contribution in [2.45, 2.75) is 18.8 Å². The highest BCUT2D eigenvalue weighted by Crippen LogP contribution is 2.40. The number of hydrogen-bond donors (Lipinski definition) is 2. The zero-order valence-electron chi connectivity index (χ0n) is 9.41. The van der Waals surface area contributed by atoms with Crippen molar-refractivity contribution in [2.75, 3.05) is 5.73 Å². The van der Waals surface area contributed by atoms with Crippen LogP contribution in [0, 0.1) is 0 Å². The van der Waals surface area contributed by atoms with Gasteiger partial charge in [0.15, 0.2) is 0 Å². The summed E-state index contributed by atoms with van der Waals surface area (Å²) in [6.07, 6.45) is 2.15.